The van der Waals surface area contributed by atoms with Crippen LogP contribution in [0.2, 0.25) is 0 Å². The van der Waals surface area contributed by atoms with E-state index in [1.54, 1.807) is 6.29 Å². The second kappa shape index (κ2) is 5.90. The fourth-order valence-corrected chi connectivity index (χ4v) is 0.212. The Morgan fingerprint density at radius 1 is 1.67 bits per heavy atom. The van der Waals surface area contributed by atoms with Gasteiger partial charge in [0, 0.05) is 0 Å². The van der Waals surface area contributed by atoms with Crippen molar-refractivity contribution in [1.29, 1.82) is 0 Å². The van der Waals surface area contributed by atoms with E-state index in [-0.39, 0.29) is 22.3 Å². The number of rotatable bonds is 2. The van der Waals surface area contributed by atoms with Crippen LogP contribution in [-0.2, 0) is 24.3 Å². The van der Waals surface area contributed by atoms with Gasteiger partial charge in [0.15, 0.2) is 0 Å². The van der Waals surface area contributed by atoms with Crippen LogP contribution in [-0.4, -0.2) is 6.29 Å². The van der Waals surface area contributed by atoms with Crippen molar-refractivity contribution in [3.05, 3.63) is 23.8 Å². The molecule has 0 unspecified atom stereocenters. The fourth-order valence-electron chi connectivity index (χ4n) is 0.212. The Morgan fingerprint density at radius 3 is 2.22 bits per heavy atom. The predicted octanol–water partition coefficient (Wildman–Crippen LogP) is 1.84. The monoisotopic (exact) mass is 213 g/mol. The fraction of sp³-hybridized carbons (Fsp3) is 0.286. The van der Waals surface area contributed by atoms with Crippen LogP contribution in [0.25, 0.3) is 0 Å². The molecule has 9 heavy (non-hydrogen) atoms. The minimum absolute atomic E-state index is 0. The molecule has 0 N–H and O–H groups in total. The van der Waals surface area contributed by atoms with Crippen LogP contribution in [0.15, 0.2) is 23.8 Å². The minimum Gasteiger partial charge on any atom is -1.00 e. The molecular formula is C7H11ORu-2. The first kappa shape index (κ1) is 11.6. The molecule has 0 aliphatic carbocycles. The zero-order chi connectivity index (χ0) is 6.57. The molecule has 0 aromatic heterocycles. The van der Waals surface area contributed by atoms with Crippen LogP contribution in [0.1, 0.15) is 16.7 Å². The van der Waals surface area contributed by atoms with Crippen LogP contribution < -0.4 is 0 Å². The Morgan fingerprint density at radius 2 is 2.11 bits per heavy atom. The van der Waals surface area contributed by atoms with Crippen molar-refractivity contribution in [3.63, 3.8) is 0 Å². The molecule has 0 saturated carbocycles. The van der Waals surface area contributed by atoms with Crippen molar-refractivity contribution in [3.8, 4) is 0 Å². The number of hydrogen-bond donors (Lipinski definition) is 0. The molecule has 1 nitrogen and oxygen atoms in total. The van der Waals surface area contributed by atoms with E-state index in [0.29, 0.717) is 0 Å². The second-order valence-electron chi connectivity index (χ2n) is 1.73. The molecule has 0 aromatic carbocycles. The summed E-state index contributed by atoms with van der Waals surface area (Å²) in [4.78, 5) is 9.68. The number of allylic oxidation sites excluding steroid dienone is 3. The summed E-state index contributed by atoms with van der Waals surface area (Å²) in [6.45, 7) is 7.30. The molecule has 0 fully saturated rings. The first-order valence-corrected chi connectivity index (χ1v) is 2.39. The van der Waals surface area contributed by atoms with Gasteiger partial charge in [0.05, 0.1) is 0 Å². The summed E-state index contributed by atoms with van der Waals surface area (Å²) in [6.07, 6.45) is 3.05. The van der Waals surface area contributed by atoms with E-state index in [2.05, 4.69) is 6.58 Å². The van der Waals surface area contributed by atoms with E-state index in [0.717, 1.165) is 11.1 Å². The molecule has 0 saturated heterocycles. The number of carbonyl (C=O) groups excluding carboxylic acids is 1. The predicted molar refractivity (Wildman–Crippen MR) is 36.5 cm³/mol. The molecule has 2 heteroatoms. The average Bonchev–Trinajstić information content (AvgIpc) is 1.67. The molecule has 55 valence electrons. The van der Waals surface area contributed by atoms with Crippen LogP contribution in [0.3, 0.4) is 0 Å². The second-order valence-corrected chi connectivity index (χ2v) is 1.73. The smallest absolute Gasteiger partial charge is 1.00 e. The molecule has 0 spiro atoms. The molecule has 0 aromatic rings. The molecule has 1 radical (unpaired) electrons. The van der Waals surface area contributed by atoms with Gasteiger partial charge in [-0.3, -0.25) is 0 Å². The molecule has 0 heterocycles. The van der Waals surface area contributed by atoms with Gasteiger partial charge in [-0.2, -0.15) is 11.6 Å². The van der Waals surface area contributed by atoms with E-state index in [1.165, 1.54) is 6.08 Å². The van der Waals surface area contributed by atoms with Gasteiger partial charge in [0.2, 0.25) is 0 Å². The maximum absolute atomic E-state index is 9.68. The summed E-state index contributed by atoms with van der Waals surface area (Å²) in [7, 11) is 0. The van der Waals surface area contributed by atoms with Gasteiger partial charge < -0.3 is 7.65 Å². The summed E-state index contributed by atoms with van der Waals surface area (Å²) in [5.41, 5.74) is 1.80. The Bertz CT molecular complexity index is 143. The van der Waals surface area contributed by atoms with Gasteiger partial charge in [0.25, 0.3) is 0 Å². The van der Waals surface area contributed by atoms with Crippen molar-refractivity contribution in [2.45, 2.75) is 13.8 Å². The quantitative estimate of drug-likeness (QED) is 0.295. The van der Waals surface area contributed by atoms with Gasteiger partial charge in [-0.15, -0.1) is 19.1 Å². The standard InChI is InChI=1S/C7H9O.Ru.2H/c1-6(2)7(3)4-5-8;;;/h4H,1H2,2-3H3;;;/q-1;+1;2*-1. The zero-order valence-electron chi connectivity index (χ0n) is 7.55. The summed E-state index contributed by atoms with van der Waals surface area (Å²) < 4.78 is 0. The van der Waals surface area contributed by atoms with E-state index in [1.807, 2.05) is 13.8 Å². The van der Waals surface area contributed by atoms with Gasteiger partial charge >= 0.3 is 19.5 Å². The first-order valence-electron chi connectivity index (χ1n) is 2.39. The number of hydrogen-bond acceptors (Lipinski definition) is 1. The van der Waals surface area contributed by atoms with E-state index >= 15 is 0 Å². The van der Waals surface area contributed by atoms with Gasteiger partial charge in [-0.05, 0) is 6.29 Å². The normalized spacial score (nSPS) is 9.78. The van der Waals surface area contributed by atoms with Crippen LogP contribution >= 0.6 is 0 Å². The maximum Gasteiger partial charge on any atom is 1.00 e. The molecule has 0 atom stereocenters. The summed E-state index contributed by atoms with van der Waals surface area (Å²) in [5.74, 6) is 0. The molecule has 0 rings (SSSR count). The SMILES string of the molecule is C=C(C)C(C)=C[C-]=O.[H-].[H-].[Ru+]. The summed E-state index contributed by atoms with van der Waals surface area (Å²) in [5, 5.41) is 0. The Labute approximate surface area is 71.6 Å². The first-order chi connectivity index (χ1) is 3.68. The van der Waals surface area contributed by atoms with E-state index in [4.69, 9.17) is 0 Å². The third kappa shape index (κ3) is 5.65. The summed E-state index contributed by atoms with van der Waals surface area (Å²) in [6, 6.07) is 0. The molecule has 0 bridgehead atoms. The van der Waals surface area contributed by atoms with Crippen LogP contribution in [0, 0.1) is 0 Å². The maximum atomic E-state index is 9.68. The van der Waals surface area contributed by atoms with Crippen LogP contribution in [0.5, 0.6) is 0 Å². The van der Waals surface area contributed by atoms with Crippen molar-refractivity contribution >= 4 is 6.29 Å². The van der Waals surface area contributed by atoms with Crippen molar-refractivity contribution in [1.82, 2.24) is 0 Å². The third-order valence-corrected chi connectivity index (χ3v) is 0.949. The molecular weight excluding hydrogens is 201 g/mol. The van der Waals surface area contributed by atoms with E-state index < -0.39 is 0 Å². The van der Waals surface area contributed by atoms with E-state index in [9.17, 15) is 4.79 Å². The van der Waals surface area contributed by atoms with Gasteiger partial charge in [-0.25, -0.2) is 0 Å². The Balaban J connectivity index is -0.0000000817. The third-order valence-electron chi connectivity index (χ3n) is 0.949. The van der Waals surface area contributed by atoms with Crippen molar-refractivity contribution in [2.24, 2.45) is 0 Å². The van der Waals surface area contributed by atoms with Gasteiger partial charge in [0.1, 0.15) is 0 Å². The van der Waals surface area contributed by atoms with Crippen LogP contribution in [0.4, 0.5) is 0 Å². The molecule has 0 aliphatic rings. The van der Waals surface area contributed by atoms with Crippen molar-refractivity contribution in [2.75, 3.05) is 0 Å². The largest absolute Gasteiger partial charge is 1.00 e. The molecule has 0 amide bonds. The zero-order valence-corrected chi connectivity index (χ0v) is 7.28. The van der Waals surface area contributed by atoms with Gasteiger partial charge in [-0.1, -0.05) is 6.92 Å². The summed E-state index contributed by atoms with van der Waals surface area (Å²) >= 11 is 0. The van der Waals surface area contributed by atoms with Crippen molar-refractivity contribution < 1.29 is 27.1 Å². The molecule has 0 aliphatic heterocycles. The minimum atomic E-state index is 0. The average molecular weight is 212 g/mol. The topological polar surface area (TPSA) is 17.1 Å². The Hall–Kier alpha value is -0.227. The Kier molecular flexibility index (Phi) is 7.58.